The molecule has 1 fully saturated rings. The minimum absolute atomic E-state index is 0.0947. The Hall–Kier alpha value is -2.24. The predicted octanol–water partition coefficient (Wildman–Crippen LogP) is -0.879. The Morgan fingerprint density at radius 1 is 1.24 bits per heavy atom. The standard InChI is InChI=1S/C15H19NO9/c1-23-9-3-2-8(4-5-16(21)22)6-10(9)24-15-14(20)13(19)12(18)11(7-17)25-15/h2-6,11-15,17-20H,7H2,1H3/b5-4+/t11-,12+,13+,14-,15-/m1/s1. The number of hydrogen-bond acceptors (Lipinski definition) is 9. The fourth-order valence-electron chi connectivity index (χ4n) is 2.33. The quantitative estimate of drug-likeness (QED) is 0.376. The average molecular weight is 357 g/mol. The maximum absolute atomic E-state index is 10.4. The van der Waals surface area contributed by atoms with Crippen LogP contribution in [0.5, 0.6) is 11.5 Å². The molecule has 0 amide bonds. The van der Waals surface area contributed by atoms with E-state index >= 15 is 0 Å². The van der Waals surface area contributed by atoms with Gasteiger partial charge in [0, 0.05) is 6.08 Å². The van der Waals surface area contributed by atoms with Crippen molar-refractivity contribution in [3.8, 4) is 11.5 Å². The highest BCUT2D eigenvalue weighted by Crippen LogP contribution is 2.32. The molecule has 1 aliphatic rings. The van der Waals surface area contributed by atoms with Crippen LogP contribution >= 0.6 is 0 Å². The van der Waals surface area contributed by atoms with Crippen molar-refractivity contribution < 1.29 is 39.6 Å². The topological polar surface area (TPSA) is 152 Å². The number of methoxy groups -OCH3 is 1. The molecule has 5 atom stereocenters. The van der Waals surface area contributed by atoms with E-state index in [1.165, 1.54) is 25.3 Å². The molecule has 0 bridgehead atoms. The monoisotopic (exact) mass is 357 g/mol. The lowest BCUT2D eigenvalue weighted by Gasteiger charge is -2.39. The van der Waals surface area contributed by atoms with E-state index in [2.05, 4.69) is 0 Å². The Kier molecular flexibility index (Phi) is 6.28. The van der Waals surface area contributed by atoms with Crippen molar-refractivity contribution in [3.05, 3.63) is 40.1 Å². The third-order valence-corrected chi connectivity index (χ3v) is 3.67. The largest absolute Gasteiger partial charge is 0.493 e. The van der Waals surface area contributed by atoms with Crippen molar-refractivity contribution in [2.75, 3.05) is 13.7 Å². The second-order valence-electron chi connectivity index (χ2n) is 5.33. The first kappa shape index (κ1) is 19.1. The van der Waals surface area contributed by atoms with Gasteiger partial charge in [-0.3, -0.25) is 10.1 Å². The molecule has 10 nitrogen and oxygen atoms in total. The van der Waals surface area contributed by atoms with Crippen LogP contribution in [0.1, 0.15) is 5.56 Å². The second-order valence-corrected chi connectivity index (χ2v) is 5.33. The van der Waals surface area contributed by atoms with Gasteiger partial charge in [-0.2, -0.15) is 0 Å². The maximum atomic E-state index is 10.4. The Bertz CT molecular complexity index is 633. The van der Waals surface area contributed by atoms with Gasteiger partial charge in [-0.05, 0) is 17.7 Å². The number of nitrogens with zero attached hydrogens (tertiary/aromatic N) is 1. The van der Waals surface area contributed by atoms with Crippen molar-refractivity contribution in [2.24, 2.45) is 0 Å². The van der Waals surface area contributed by atoms with Gasteiger partial charge < -0.3 is 34.6 Å². The van der Waals surface area contributed by atoms with E-state index in [1.807, 2.05) is 0 Å². The van der Waals surface area contributed by atoms with E-state index in [9.17, 15) is 30.5 Å². The van der Waals surface area contributed by atoms with Crippen molar-refractivity contribution in [1.29, 1.82) is 0 Å². The average Bonchev–Trinajstić information content (AvgIpc) is 2.60. The normalized spacial score (nSPS) is 29.6. The number of ether oxygens (including phenoxy) is 3. The molecule has 1 heterocycles. The van der Waals surface area contributed by atoms with Crippen LogP contribution in [-0.4, -0.2) is 69.8 Å². The summed E-state index contributed by atoms with van der Waals surface area (Å²) < 4.78 is 15.9. The van der Waals surface area contributed by atoms with Gasteiger partial charge in [-0.25, -0.2) is 0 Å². The molecule has 4 N–H and O–H groups in total. The smallest absolute Gasteiger partial charge is 0.235 e. The minimum atomic E-state index is -1.58. The molecule has 1 saturated heterocycles. The lowest BCUT2D eigenvalue weighted by atomic mass is 9.99. The van der Waals surface area contributed by atoms with Crippen LogP contribution < -0.4 is 9.47 Å². The number of hydrogen-bond donors (Lipinski definition) is 4. The summed E-state index contributed by atoms with van der Waals surface area (Å²) in [5, 5.41) is 49.1. The first-order valence-corrected chi connectivity index (χ1v) is 7.34. The summed E-state index contributed by atoms with van der Waals surface area (Å²) in [5.74, 6) is 0.354. The van der Waals surface area contributed by atoms with Gasteiger partial charge >= 0.3 is 0 Å². The molecule has 0 aliphatic carbocycles. The highest BCUT2D eigenvalue weighted by Gasteiger charge is 2.44. The van der Waals surface area contributed by atoms with Crippen LogP contribution in [0, 0.1) is 10.1 Å². The fourth-order valence-corrected chi connectivity index (χ4v) is 2.33. The molecule has 2 rings (SSSR count). The summed E-state index contributed by atoms with van der Waals surface area (Å²) >= 11 is 0. The zero-order valence-electron chi connectivity index (χ0n) is 13.3. The SMILES string of the molecule is COc1ccc(/C=C/[N+](=O)[O-])cc1O[C@@H]1O[C@H](CO)[C@H](O)[C@H](O)[C@H]1O. The van der Waals surface area contributed by atoms with Gasteiger partial charge in [0.2, 0.25) is 12.5 Å². The van der Waals surface area contributed by atoms with Gasteiger partial charge in [-0.15, -0.1) is 0 Å². The van der Waals surface area contributed by atoms with Crippen molar-refractivity contribution in [3.63, 3.8) is 0 Å². The molecule has 25 heavy (non-hydrogen) atoms. The van der Waals surface area contributed by atoms with Crippen LogP contribution in [-0.2, 0) is 4.74 Å². The second kappa shape index (κ2) is 8.23. The molecule has 0 radical (unpaired) electrons. The van der Waals surface area contributed by atoms with E-state index in [-0.39, 0.29) is 11.5 Å². The third-order valence-electron chi connectivity index (χ3n) is 3.67. The molecule has 0 aromatic heterocycles. The molecule has 0 unspecified atom stereocenters. The fraction of sp³-hybridized carbons (Fsp3) is 0.467. The van der Waals surface area contributed by atoms with Gasteiger partial charge in [0.15, 0.2) is 11.5 Å². The molecule has 10 heteroatoms. The van der Waals surface area contributed by atoms with Gasteiger partial charge in [0.05, 0.1) is 18.6 Å². The molecular formula is C15H19NO9. The highest BCUT2D eigenvalue weighted by atomic mass is 16.7. The van der Waals surface area contributed by atoms with E-state index in [0.717, 1.165) is 6.20 Å². The van der Waals surface area contributed by atoms with Gasteiger partial charge in [0.25, 0.3) is 0 Å². The van der Waals surface area contributed by atoms with Crippen LogP contribution in [0.25, 0.3) is 6.08 Å². The Morgan fingerprint density at radius 3 is 2.56 bits per heavy atom. The minimum Gasteiger partial charge on any atom is -0.493 e. The first-order chi connectivity index (χ1) is 11.9. The lowest BCUT2D eigenvalue weighted by Crippen LogP contribution is -2.60. The predicted molar refractivity (Wildman–Crippen MR) is 83.4 cm³/mol. The lowest BCUT2D eigenvalue weighted by molar-refractivity contribution is -0.400. The van der Waals surface area contributed by atoms with E-state index < -0.39 is 42.2 Å². The highest BCUT2D eigenvalue weighted by molar-refractivity contribution is 5.55. The summed E-state index contributed by atoms with van der Waals surface area (Å²) in [7, 11) is 1.38. The summed E-state index contributed by atoms with van der Waals surface area (Å²) in [6.07, 6.45) is -5.19. The maximum Gasteiger partial charge on any atom is 0.235 e. The first-order valence-electron chi connectivity index (χ1n) is 7.34. The molecular weight excluding hydrogens is 338 g/mol. The summed E-state index contributed by atoms with van der Waals surface area (Å²) in [6.45, 7) is -0.590. The Balaban J connectivity index is 2.25. The van der Waals surface area contributed by atoms with Crippen LogP contribution in [0.15, 0.2) is 24.4 Å². The van der Waals surface area contributed by atoms with Crippen molar-refractivity contribution in [1.82, 2.24) is 0 Å². The number of benzene rings is 1. The summed E-state index contributed by atoms with van der Waals surface area (Å²) in [5.41, 5.74) is 0.428. The zero-order chi connectivity index (χ0) is 18.6. The van der Waals surface area contributed by atoms with E-state index in [0.29, 0.717) is 5.56 Å². The number of rotatable bonds is 6. The number of aliphatic hydroxyl groups is 4. The van der Waals surface area contributed by atoms with Crippen molar-refractivity contribution in [2.45, 2.75) is 30.7 Å². The molecule has 0 saturated carbocycles. The number of aliphatic hydroxyl groups excluding tert-OH is 4. The van der Waals surface area contributed by atoms with Crippen molar-refractivity contribution >= 4 is 6.08 Å². The van der Waals surface area contributed by atoms with E-state index in [4.69, 9.17) is 14.2 Å². The zero-order valence-corrected chi connectivity index (χ0v) is 13.3. The van der Waals surface area contributed by atoms with Crippen LogP contribution in [0.4, 0.5) is 0 Å². The molecule has 0 spiro atoms. The van der Waals surface area contributed by atoms with Crippen LogP contribution in [0.2, 0.25) is 0 Å². The Labute approximate surface area is 142 Å². The van der Waals surface area contributed by atoms with Crippen LogP contribution in [0.3, 0.4) is 0 Å². The van der Waals surface area contributed by atoms with Gasteiger partial charge in [-0.1, -0.05) is 6.07 Å². The van der Waals surface area contributed by atoms with E-state index in [1.54, 1.807) is 6.07 Å². The third kappa shape index (κ3) is 4.44. The molecule has 1 aromatic carbocycles. The van der Waals surface area contributed by atoms with Gasteiger partial charge in [0.1, 0.15) is 24.4 Å². The summed E-state index contributed by atoms with van der Waals surface area (Å²) in [4.78, 5) is 9.79. The summed E-state index contributed by atoms with van der Waals surface area (Å²) in [6, 6.07) is 4.47. The molecule has 138 valence electrons. The Morgan fingerprint density at radius 2 is 1.96 bits per heavy atom. The molecule has 1 aliphatic heterocycles. The molecule has 1 aromatic rings. The number of nitro groups is 1.